The summed E-state index contributed by atoms with van der Waals surface area (Å²) in [6.07, 6.45) is 2.40. The van der Waals surface area contributed by atoms with Crippen LogP contribution in [0.3, 0.4) is 0 Å². The highest BCUT2D eigenvalue weighted by molar-refractivity contribution is 6.04. The molecule has 0 radical (unpaired) electrons. The molecule has 4 heteroatoms. The van der Waals surface area contributed by atoms with Crippen molar-refractivity contribution in [2.75, 3.05) is 11.4 Å². The Balaban J connectivity index is 1.98. The molecule has 4 nitrogen and oxygen atoms in total. The number of carbonyl (C=O) groups excluding carboxylic acids is 2. The average molecular weight is 286 g/mol. The molecule has 21 heavy (non-hydrogen) atoms. The molecule has 1 heterocycles. The number of nitrogens with one attached hydrogen (secondary N) is 1. The Labute approximate surface area is 125 Å². The normalized spacial score (nSPS) is 26.5. The van der Waals surface area contributed by atoms with Gasteiger partial charge < -0.3 is 10.2 Å². The van der Waals surface area contributed by atoms with Crippen LogP contribution in [0.1, 0.15) is 37.3 Å². The number of nitrogens with zero attached hydrogens (tertiary/aromatic N) is 1. The topological polar surface area (TPSA) is 49.4 Å². The third kappa shape index (κ3) is 2.43. The number of amides is 2. The van der Waals surface area contributed by atoms with Gasteiger partial charge in [-0.05, 0) is 62.8 Å². The largest absolute Gasteiger partial charge is 0.342 e. The molecule has 0 spiro atoms. The van der Waals surface area contributed by atoms with Crippen molar-refractivity contribution in [1.29, 1.82) is 0 Å². The summed E-state index contributed by atoms with van der Waals surface area (Å²) in [5.74, 6) is 0.282. The van der Waals surface area contributed by atoms with Gasteiger partial charge in [0.25, 0.3) is 5.91 Å². The van der Waals surface area contributed by atoms with Crippen molar-refractivity contribution >= 4 is 17.5 Å². The zero-order valence-corrected chi connectivity index (χ0v) is 12.9. The van der Waals surface area contributed by atoms with E-state index in [1.165, 1.54) is 5.56 Å². The van der Waals surface area contributed by atoms with Crippen molar-refractivity contribution in [3.63, 3.8) is 0 Å². The van der Waals surface area contributed by atoms with Crippen LogP contribution in [0.15, 0.2) is 18.2 Å². The number of anilines is 1. The van der Waals surface area contributed by atoms with Crippen LogP contribution >= 0.6 is 0 Å². The van der Waals surface area contributed by atoms with Gasteiger partial charge in [-0.25, -0.2) is 0 Å². The monoisotopic (exact) mass is 286 g/mol. The van der Waals surface area contributed by atoms with Gasteiger partial charge in [-0.15, -0.1) is 0 Å². The van der Waals surface area contributed by atoms with E-state index < -0.39 is 5.54 Å². The average Bonchev–Trinajstić information content (AvgIpc) is 3.26. The first kappa shape index (κ1) is 14.1. The van der Waals surface area contributed by atoms with Crippen LogP contribution in [0.2, 0.25) is 0 Å². The van der Waals surface area contributed by atoms with E-state index in [1.54, 1.807) is 4.90 Å². The van der Waals surface area contributed by atoms with E-state index in [0.29, 0.717) is 13.0 Å². The first-order chi connectivity index (χ1) is 9.91. The maximum Gasteiger partial charge on any atom is 0.252 e. The second-order valence-corrected chi connectivity index (χ2v) is 6.50. The van der Waals surface area contributed by atoms with Gasteiger partial charge >= 0.3 is 0 Å². The number of carbonyl (C=O) groups is 2. The second kappa shape index (κ2) is 4.86. The number of benzene rings is 1. The minimum atomic E-state index is -0.744. The van der Waals surface area contributed by atoms with Crippen LogP contribution in [-0.4, -0.2) is 23.9 Å². The summed E-state index contributed by atoms with van der Waals surface area (Å²) in [5, 5.41) is 2.96. The third-order valence-corrected chi connectivity index (χ3v) is 4.85. The fourth-order valence-electron chi connectivity index (χ4n) is 3.08. The molecule has 3 rings (SSSR count). The molecule has 1 aromatic rings. The van der Waals surface area contributed by atoms with Crippen molar-refractivity contribution in [1.82, 2.24) is 5.32 Å². The van der Waals surface area contributed by atoms with Gasteiger partial charge in [0.15, 0.2) is 0 Å². The van der Waals surface area contributed by atoms with E-state index in [0.717, 1.165) is 24.1 Å². The van der Waals surface area contributed by atoms with Crippen LogP contribution < -0.4 is 10.2 Å². The zero-order valence-electron chi connectivity index (χ0n) is 12.9. The molecule has 1 aliphatic heterocycles. The van der Waals surface area contributed by atoms with Gasteiger partial charge in [0.05, 0.1) is 0 Å². The molecule has 2 aliphatic rings. The number of hydrogen-bond acceptors (Lipinski definition) is 2. The van der Waals surface area contributed by atoms with E-state index in [4.69, 9.17) is 0 Å². The predicted molar refractivity (Wildman–Crippen MR) is 82.2 cm³/mol. The molecular weight excluding hydrogens is 264 g/mol. The minimum absolute atomic E-state index is 0.0240. The first-order valence-electron chi connectivity index (χ1n) is 7.62. The van der Waals surface area contributed by atoms with Crippen LogP contribution in [0.4, 0.5) is 5.69 Å². The highest BCUT2D eigenvalue weighted by Crippen LogP contribution is 2.42. The molecule has 0 aromatic heterocycles. The lowest BCUT2D eigenvalue weighted by Gasteiger charge is -2.32. The van der Waals surface area contributed by atoms with Gasteiger partial charge in [-0.2, -0.15) is 0 Å². The summed E-state index contributed by atoms with van der Waals surface area (Å²) in [6, 6.07) is 6.05. The molecule has 112 valence electrons. The van der Waals surface area contributed by atoms with E-state index in [-0.39, 0.29) is 17.7 Å². The van der Waals surface area contributed by atoms with E-state index in [2.05, 4.69) is 12.2 Å². The Bertz CT molecular complexity index is 607. The zero-order chi connectivity index (χ0) is 15.2. The molecule has 1 aromatic carbocycles. The molecule has 1 aliphatic carbocycles. The van der Waals surface area contributed by atoms with Crippen molar-refractivity contribution in [3.05, 3.63) is 29.3 Å². The Morgan fingerprint density at radius 3 is 2.52 bits per heavy atom. The van der Waals surface area contributed by atoms with Gasteiger partial charge in [0, 0.05) is 18.7 Å². The molecule has 1 saturated heterocycles. The highest BCUT2D eigenvalue weighted by Gasteiger charge is 2.51. The molecule has 2 amide bonds. The summed E-state index contributed by atoms with van der Waals surface area (Å²) >= 11 is 0. The lowest BCUT2D eigenvalue weighted by molar-refractivity contribution is -0.130. The standard InChI is InChI=1S/C17H22N2O2/c1-11-4-7-14(10-12(11)2)19-9-8-15(20)18-17(3,16(19)21)13-5-6-13/h4,7,10,13H,5-6,8-9H2,1-3H3,(H,18,20). The maximum absolute atomic E-state index is 13.0. The summed E-state index contributed by atoms with van der Waals surface area (Å²) in [4.78, 5) is 26.8. The lowest BCUT2D eigenvalue weighted by Crippen LogP contribution is -2.56. The Morgan fingerprint density at radius 1 is 1.19 bits per heavy atom. The van der Waals surface area contributed by atoms with E-state index >= 15 is 0 Å². The molecule has 2 fully saturated rings. The maximum atomic E-state index is 13.0. The lowest BCUT2D eigenvalue weighted by atomic mass is 9.93. The number of aryl methyl sites for hydroxylation is 2. The molecule has 1 N–H and O–H groups in total. The van der Waals surface area contributed by atoms with Gasteiger partial charge in [0.1, 0.15) is 5.54 Å². The Hall–Kier alpha value is -1.84. The minimum Gasteiger partial charge on any atom is -0.342 e. The van der Waals surface area contributed by atoms with E-state index in [9.17, 15) is 9.59 Å². The SMILES string of the molecule is Cc1ccc(N2CCC(=O)NC(C)(C3CC3)C2=O)cc1C. The smallest absolute Gasteiger partial charge is 0.252 e. The molecule has 1 atom stereocenters. The summed E-state index contributed by atoms with van der Waals surface area (Å²) in [5.41, 5.74) is 2.52. The van der Waals surface area contributed by atoms with Crippen LogP contribution in [0.25, 0.3) is 0 Å². The van der Waals surface area contributed by atoms with Gasteiger partial charge in [0.2, 0.25) is 5.91 Å². The van der Waals surface area contributed by atoms with Crippen LogP contribution in [0.5, 0.6) is 0 Å². The summed E-state index contributed by atoms with van der Waals surface area (Å²) in [7, 11) is 0. The second-order valence-electron chi connectivity index (χ2n) is 6.50. The fraction of sp³-hybridized carbons (Fsp3) is 0.529. The predicted octanol–water partition coefficient (Wildman–Crippen LogP) is 2.33. The van der Waals surface area contributed by atoms with Gasteiger partial charge in [-0.1, -0.05) is 6.07 Å². The molecular formula is C17H22N2O2. The summed E-state index contributed by atoms with van der Waals surface area (Å²) in [6.45, 7) is 6.44. The highest BCUT2D eigenvalue weighted by atomic mass is 16.2. The summed E-state index contributed by atoms with van der Waals surface area (Å²) < 4.78 is 0. The quantitative estimate of drug-likeness (QED) is 0.907. The third-order valence-electron chi connectivity index (χ3n) is 4.85. The van der Waals surface area contributed by atoms with Crippen molar-refractivity contribution in [3.8, 4) is 0 Å². The van der Waals surface area contributed by atoms with Gasteiger partial charge in [-0.3, -0.25) is 9.59 Å². The van der Waals surface area contributed by atoms with Crippen molar-refractivity contribution in [2.45, 2.75) is 45.6 Å². The van der Waals surface area contributed by atoms with Crippen molar-refractivity contribution < 1.29 is 9.59 Å². The first-order valence-corrected chi connectivity index (χ1v) is 7.62. The molecule has 0 bridgehead atoms. The molecule has 1 unspecified atom stereocenters. The van der Waals surface area contributed by atoms with E-state index in [1.807, 2.05) is 32.0 Å². The Morgan fingerprint density at radius 2 is 1.90 bits per heavy atom. The van der Waals surface area contributed by atoms with Crippen molar-refractivity contribution in [2.24, 2.45) is 5.92 Å². The number of rotatable bonds is 2. The Kier molecular flexibility index (Phi) is 3.27. The fourth-order valence-corrected chi connectivity index (χ4v) is 3.08. The molecule has 1 saturated carbocycles. The van der Waals surface area contributed by atoms with Crippen LogP contribution in [-0.2, 0) is 9.59 Å². The number of hydrogen-bond donors (Lipinski definition) is 1. The van der Waals surface area contributed by atoms with Crippen LogP contribution in [0, 0.1) is 19.8 Å².